The van der Waals surface area contributed by atoms with Crippen molar-refractivity contribution in [1.82, 2.24) is 15.2 Å². The Morgan fingerprint density at radius 2 is 1.97 bits per heavy atom. The van der Waals surface area contributed by atoms with Gasteiger partial charge in [-0.2, -0.15) is 0 Å². The van der Waals surface area contributed by atoms with E-state index in [1.807, 2.05) is 24.3 Å². The molecule has 3 amide bonds. The van der Waals surface area contributed by atoms with E-state index in [-0.39, 0.29) is 45.1 Å². The van der Waals surface area contributed by atoms with Gasteiger partial charge >= 0.3 is 18.0 Å². The minimum atomic E-state index is -0.516. The highest BCUT2D eigenvalue weighted by Crippen LogP contribution is 2.24. The summed E-state index contributed by atoms with van der Waals surface area (Å²) in [5.41, 5.74) is 2.02. The zero-order valence-electron chi connectivity index (χ0n) is 16.9. The number of imide groups is 1. The molecule has 0 unspecified atom stereocenters. The molecule has 0 saturated carbocycles. The van der Waals surface area contributed by atoms with Crippen LogP contribution in [0.15, 0.2) is 24.3 Å². The summed E-state index contributed by atoms with van der Waals surface area (Å²) in [5.74, 6) is -1.34. The summed E-state index contributed by atoms with van der Waals surface area (Å²) < 4.78 is 10.5. The van der Waals surface area contributed by atoms with Crippen molar-refractivity contribution in [2.75, 3.05) is 19.7 Å². The van der Waals surface area contributed by atoms with Crippen LogP contribution in [0.3, 0.4) is 0 Å². The van der Waals surface area contributed by atoms with Gasteiger partial charge in [-0.05, 0) is 31.9 Å². The van der Waals surface area contributed by atoms with Crippen molar-refractivity contribution in [3.05, 3.63) is 41.1 Å². The van der Waals surface area contributed by atoms with E-state index in [1.54, 1.807) is 13.8 Å². The number of ether oxygens (including phenoxy) is 2. The molecule has 0 spiro atoms. The maximum atomic E-state index is 12.5. The second-order valence-corrected chi connectivity index (χ2v) is 6.76. The third-order valence-corrected chi connectivity index (χ3v) is 4.78. The molecule has 30 heavy (non-hydrogen) atoms. The molecule has 0 bridgehead atoms. The van der Waals surface area contributed by atoms with Gasteiger partial charge in [0.1, 0.15) is 6.61 Å². The molecule has 158 valence electrons. The number of aryl methyl sites for hydroxylation is 1. The lowest BCUT2D eigenvalue weighted by Gasteiger charge is -2.14. The molecule has 3 rings (SSSR count). The first kappa shape index (κ1) is 21.2. The first-order valence-electron chi connectivity index (χ1n) is 9.71. The van der Waals surface area contributed by atoms with Crippen molar-refractivity contribution >= 4 is 34.8 Å². The molecular weight excluding hydrogens is 390 g/mol. The highest BCUT2D eigenvalue weighted by molar-refractivity contribution is 6.02. The second-order valence-electron chi connectivity index (χ2n) is 6.76. The van der Waals surface area contributed by atoms with Crippen molar-refractivity contribution in [2.45, 2.75) is 33.3 Å². The monoisotopic (exact) mass is 413 g/mol. The Balaban J connectivity index is 1.67. The van der Waals surface area contributed by atoms with Gasteiger partial charge in [0.15, 0.2) is 0 Å². The summed E-state index contributed by atoms with van der Waals surface area (Å²) in [6.07, 6.45) is 0.311. The number of nitrogens with one attached hydrogen (secondary N) is 1. The first-order chi connectivity index (χ1) is 14.4. The van der Waals surface area contributed by atoms with E-state index in [9.17, 15) is 19.2 Å². The van der Waals surface area contributed by atoms with E-state index in [4.69, 9.17) is 9.47 Å². The highest BCUT2D eigenvalue weighted by atomic mass is 16.5. The standard InChI is InChI=1S/C21H23N3O6/c1-3-29-20(27)19-13(2)14-7-4-5-8-15(14)23-16(19)12-30-18(26)9-6-10-24-17(25)11-22-21(24)28/h4-5,7-8H,3,6,9-12H2,1-2H3,(H,22,28). The Morgan fingerprint density at radius 1 is 1.20 bits per heavy atom. The Bertz CT molecular complexity index is 988. The fraction of sp³-hybridized carbons (Fsp3) is 0.381. The smallest absolute Gasteiger partial charge is 0.340 e. The third-order valence-electron chi connectivity index (χ3n) is 4.78. The SMILES string of the molecule is CCOC(=O)c1c(COC(=O)CCCN2C(=O)CNC2=O)nc2ccccc2c1C. The number of fused-ring (bicyclic) bond motifs is 1. The molecule has 0 aliphatic carbocycles. The lowest BCUT2D eigenvalue weighted by atomic mass is 10.0. The molecule has 0 radical (unpaired) electrons. The average molecular weight is 413 g/mol. The molecule has 1 aromatic carbocycles. The van der Waals surface area contributed by atoms with Gasteiger partial charge in [0, 0.05) is 18.4 Å². The number of pyridine rings is 1. The van der Waals surface area contributed by atoms with Crippen LogP contribution in [0, 0.1) is 6.92 Å². The predicted molar refractivity (Wildman–Crippen MR) is 107 cm³/mol. The van der Waals surface area contributed by atoms with Crippen molar-refractivity contribution in [1.29, 1.82) is 0 Å². The van der Waals surface area contributed by atoms with Crippen molar-refractivity contribution < 1.29 is 28.7 Å². The van der Waals surface area contributed by atoms with Gasteiger partial charge in [-0.1, -0.05) is 18.2 Å². The summed E-state index contributed by atoms with van der Waals surface area (Å²) in [5, 5.41) is 3.24. The predicted octanol–water partition coefficient (Wildman–Crippen LogP) is 2.10. The first-order valence-corrected chi connectivity index (χ1v) is 9.71. The van der Waals surface area contributed by atoms with Crippen LogP contribution >= 0.6 is 0 Å². The number of amides is 3. The van der Waals surface area contributed by atoms with Crippen LogP contribution in [-0.2, 0) is 25.7 Å². The quantitative estimate of drug-likeness (QED) is 0.520. The molecule has 2 aromatic rings. The van der Waals surface area contributed by atoms with E-state index in [1.165, 1.54) is 0 Å². The number of carbonyl (C=O) groups excluding carboxylic acids is 4. The molecule has 1 N–H and O–H groups in total. The van der Waals surface area contributed by atoms with E-state index in [0.29, 0.717) is 22.3 Å². The van der Waals surface area contributed by atoms with E-state index >= 15 is 0 Å². The van der Waals surface area contributed by atoms with Gasteiger partial charge in [0.25, 0.3) is 0 Å². The van der Waals surface area contributed by atoms with E-state index in [0.717, 1.165) is 10.3 Å². The fourth-order valence-corrected chi connectivity index (χ4v) is 3.30. The highest BCUT2D eigenvalue weighted by Gasteiger charge is 2.28. The molecular formula is C21H23N3O6. The van der Waals surface area contributed by atoms with Gasteiger partial charge in [0.05, 0.1) is 29.9 Å². The van der Waals surface area contributed by atoms with Crippen LogP contribution in [0.5, 0.6) is 0 Å². The molecule has 1 fully saturated rings. The van der Waals surface area contributed by atoms with Gasteiger partial charge in [-0.3, -0.25) is 14.5 Å². The van der Waals surface area contributed by atoms with Crippen LogP contribution in [0.2, 0.25) is 0 Å². The van der Waals surface area contributed by atoms with Crippen molar-refractivity contribution in [3.63, 3.8) is 0 Å². The van der Waals surface area contributed by atoms with Crippen LogP contribution in [0.1, 0.15) is 41.4 Å². The number of benzene rings is 1. The molecule has 1 aliphatic heterocycles. The van der Waals surface area contributed by atoms with Gasteiger partial charge in [0.2, 0.25) is 5.91 Å². The maximum Gasteiger partial charge on any atom is 0.340 e. The molecule has 0 atom stereocenters. The normalized spacial score (nSPS) is 13.5. The Kier molecular flexibility index (Phi) is 6.61. The fourth-order valence-electron chi connectivity index (χ4n) is 3.30. The number of nitrogens with zero attached hydrogens (tertiary/aromatic N) is 2. The maximum absolute atomic E-state index is 12.5. The zero-order valence-corrected chi connectivity index (χ0v) is 16.9. The number of para-hydroxylation sites is 1. The van der Waals surface area contributed by atoms with Gasteiger partial charge < -0.3 is 14.8 Å². The zero-order chi connectivity index (χ0) is 21.7. The molecule has 2 heterocycles. The number of carbonyl (C=O) groups is 4. The molecule has 1 aromatic heterocycles. The summed E-state index contributed by atoms with van der Waals surface area (Å²) in [6.45, 7) is 3.68. The largest absolute Gasteiger partial charge is 0.462 e. The third kappa shape index (κ3) is 4.56. The van der Waals surface area contributed by atoms with Gasteiger partial charge in [-0.25, -0.2) is 14.6 Å². The summed E-state index contributed by atoms with van der Waals surface area (Å²) in [6, 6.07) is 6.93. The van der Waals surface area contributed by atoms with Crippen LogP contribution in [0.25, 0.3) is 10.9 Å². The Hall–Kier alpha value is -3.49. The number of rotatable bonds is 8. The van der Waals surface area contributed by atoms with Crippen LogP contribution < -0.4 is 5.32 Å². The van der Waals surface area contributed by atoms with Crippen molar-refractivity contribution in [2.24, 2.45) is 0 Å². The topological polar surface area (TPSA) is 115 Å². The number of hydrogen-bond acceptors (Lipinski definition) is 7. The number of esters is 2. The number of aromatic nitrogens is 1. The summed E-state index contributed by atoms with van der Waals surface area (Å²) >= 11 is 0. The lowest BCUT2D eigenvalue weighted by molar-refractivity contribution is -0.145. The van der Waals surface area contributed by atoms with Gasteiger partial charge in [-0.15, -0.1) is 0 Å². The van der Waals surface area contributed by atoms with Crippen LogP contribution in [0.4, 0.5) is 4.79 Å². The molecule has 1 aliphatic rings. The summed E-state index contributed by atoms with van der Waals surface area (Å²) in [7, 11) is 0. The Labute approximate surface area is 173 Å². The van der Waals surface area contributed by atoms with Crippen molar-refractivity contribution in [3.8, 4) is 0 Å². The number of hydrogen-bond donors (Lipinski definition) is 1. The van der Waals surface area contributed by atoms with E-state index < -0.39 is 18.0 Å². The summed E-state index contributed by atoms with van der Waals surface area (Å²) in [4.78, 5) is 53.2. The van der Waals surface area contributed by atoms with Crippen LogP contribution in [-0.4, -0.2) is 53.5 Å². The average Bonchev–Trinajstić information content (AvgIpc) is 3.04. The minimum Gasteiger partial charge on any atom is -0.462 e. The lowest BCUT2D eigenvalue weighted by Crippen LogP contribution is -2.32. The Morgan fingerprint density at radius 3 is 2.67 bits per heavy atom. The second kappa shape index (κ2) is 9.34. The molecule has 9 nitrogen and oxygen atoms in total. The van der Waals surface area contributed by atoms with E-state index in [2.05, 4.69) is 10.3 Å². The minimum absolute atomic E-state index is 0.0209. The number of urea groups is 1. The molecule has 9 heteroatoms. The molecule has 1 saturated heterocycles.